The Balaban J connectivity index is 1.68. The Morgan fingerprint density at radius 1 is 1.21 bits per heavy atom. The molecular formula is C25H31FN6O2. The summed E-state index contributed by atoms with van der Waals surface area (Å²) in [4.78, 5) is 15.4. The van der Waals surface area contributed by atoms with Crippen LogP contribution in [0.25, 0.3) is 16.8 Å². The molecular weight excluding hydrogens is 435 g/mol. The fourth-order valence-electron chi connectivity index (χ4n) is 4.13. The summed E-state index contributed by atoms with van der Waals surface area (Å²) in [7, 11) is 1.70. The number of rotatable bonds is 8. The lowest BCUT2D eigenvalue weighted by molar-refractivity contribution is -0.0318. The molecule has 1 fully saturated rings. The molecule has 0 aliphatic carbocycles. The van der Waals surface area contributed by atoms with Crippen molar-refractivity contribution in [3.63, 3.8) is 0 Å². The van der Waals surface area contributed by atoms with Gasteiger partial charge in [0.2, 0.25) is 0 Å². The molecule has 0 saturated carbocycles. The third kappa shape index (κ3) is 5.00. The number of tetrazole rings is 1. The summed E-state index contributed by atoms with van der Waals surface area (Å²) in [6.07, 6.45) is 0.237. The van der Waals surface area contributed by atoms with Gasteiger partial charge in [-0.15, -0.1) is 5.10 Å². The van der Waals surface area contributed by atoms with Crippen molar-refractivity contribution < 1.29 is 13.9 Å². The van der Waals surface area contributed by atoms with Crippen LogP contribution in [0.3, 0.4) is 0 Å². The molecule has 4 rings (SSSR count). The molecule has 1 saturated heterocycles. The van der Waals surface area contributed by atoms with Crippen molar-refractivity contribution >= 4 is 5.91 Å². The van der Waals surface area contributed by atoms with Crippen molar-refractivity contribution in [1.29, 1.82) is 0 Å². The number of aromatic nitrogens is 4. The lowest BCUT2D eigenvalue weighted by Gasteiger charge is -2.39. The van der Waals surface area contributed by atoms with Crippen LogP contribution in [0.2, 0.25) is 0 Å². The molecule has 2 heterocycles. The molecule has 0 spiro atoms. The van der Waals surface area contributed by atoms with Gasteiger partial charge in [-0.3, -0.25) is 9.69 Å². The van der Waals surface area contributed by atoms with Crippen LogP contribution >= 0.6 is 0 Å². The summed E-state index contributed by atoms with van der Waals surface area (Å²) in [6, 6.07) is 10.6. The highest BCUT2D eigenvalue weighted by Gasteiger charge is 2.28. The largest absolute Gasteiger partial charge is 0.379 e. The number of ether oxygens (including phenoxy) is 1. The molecule has 3 aromatic rings. The maximum Gasteiger partial charge on any atom is 0.254 e. The van der Waals surface area contributed by atoms with E-state index < -0.39 is 11.7 Å². The van der Waals surface area contributed by atoms with Gasteiger partial charge in [-0.1, -0.05) is 43.7 Å². The Labute approximate surface area is 199 Å². The standard InChI is InChI=1S/C25H31FN6O2/c1-15(2)24-28-29-30-32(24)19-10-21(18-8-6-16(3)7-9-18)23(26)22(11-19)25(33)27-17(4)12-31-13-20(14-31)34-5/h6-11,15,17,20H,12-14H2,1-5H3,(H,27,33)/t17-/m1/s1. The molecule has 0 radical (unpaired) electrons. The van der Waals surface area contributed by atoms with Gasteiger partial charge in [0.1, 0.15) is 5.82 Å². The number of amides is 1. The van der Waals surface area contributed by atoms with Crippen LogP contribution in [0.1, 0.15) is 48.4 Å². The predicted molar refractivity (Wildman–Crippen MR) is 128 cm³/mol. The van der Waals surface area contributed by atoms with Crippen LogP contribution in [0.15, 0.2) is 36.4 Å². The molecule has 1 amide bonds. The monoisotopic (exact) mass is 466 g/mol. The van der Waals surface area contributed by atoms with Crippen molar-refractivity contribution in [1.82, 2.24) is 30.4 Å². The Hall–Kier alpha value is -3.17. The van der Waals surface area contributed by atoms with Crippen LogP contribution < -0.4 is 5.32 Å². The zero-order valence-corrected chi connectivity index (χ0v) is 20.2. The van der Waals surface area contributed by atoms with Gasteiger partial charge in [-0.25, -0.2) is 4.39 Å². The van der Waals surface area contributed by atoms with E-state index in [1.165, 1.54) is 6.07 Å². The molecule has 34 heavy (non-hydrogen) atoms. The summed E-state index contributed by atoms with van der Waals surface area (Å²) in [5, 5.41) is 14.9. The number of hydrogen-bond acceptors (Lipinski definition) is 6. The quantitative estimate of drug-likeness (QED) is 0.548. The number of nitrogens with one attached hydrogen (secondary N) is 1. The average molecular weight is 467 g/mol. The van der Waals surface area contributed by atoms with Gasteiger partial charge in [0.05, 0.1) is 17.4 Å². The molecule has 0 bridgehead atoms. The molecule has 1 aliphatic heterocycles. The second-order valence-corrected chi connectivity index (χ2v) is 9.28. The predicted octanol–water partition coefficient (Wildman–Crippen LogP) is 3.35. The molecule has 1 aliphatic rings. The average Bonchev–Trinajstić information content (AvgIpc) is 3.27. The van der Waals surface area contributed by atoms with Crippen molar-refractivity contribution in [2.24, 2.45) is 0 Å². The van der Waals surface area contributed by atoms with Gasteiger partial charge in [0, 0.05) is 44.3 Å². The second-order valence-electron chi connectivity index (χ2n) is 9.28. The van der Waals surface area contributed by atoms with Gasteiger partial charge in [0.15, 0.2) is 5.82 Å². The van der Waals surface area contributed by atoms with Crippen LogP contribution in [0, 0.1) is 12.7 Å². The van der Waals surface area contributed by atoms with E-state index in [-0.39, 0.29) is 23.6 Å². The van der Waals surface area contributed by atoms with E-state index >= 15 is 4.39 Å². The van der Waals surface area contributed by atoms with Crippen LogP contribution in [0.5, 0.6) is 0 Å². The van der Waals surface area contributed by atoms with Crippen molar-refractivity contribution in [3.8, 4) is 16.8 Å². The maximum atomic E-state index is 15.7. The Kier molecular flexibility index (Phi) is 7.04. The zero-order valence-electron chi connectivity index (χ0n) is 20.2. The molecule has 8 nitrogen and oxygen atoms in total. The fraction of sp³-hybridized carbons (Fsp3) is 0.440. The second kappa shape index (κ2) is 9.99. The first-order valence-corrected chi connectivity index (χ1v) is 11.5. The van der Waals surface area contributed by atoms with E-state index in [1.54, 1.807) is 17.9 Å². The van der Waals surface area contributed by atoms with Crippen molar-refractivity contribution in [2.45, 2.75) is 45.8 Å². The highest BCUT2D eigenvalue weighted by molar-refractivity contribution is 5.97. The van der Waals surface area contributed by atoms with Crippen molar-refractivity contribution in [2.75, 3.05) is 26.7 Å². The number of carbonyl (C=O) groups excluding carboxylic acids is 1. The minimum atomic E-state index is -0.570. The third-order valence-electron chi connectivity index (χ3n) is 6.09. The van der Waals surface area contributed by atoms with Crippen molar-refractivity contribution in [3.05, 3.63) is 59.2 Å². The van der Waals surface area contributed by atoms with E-state index in [9.17, 15) is 4.79 Å². The molecule has 0 unspecified atom stereocenters. The van der Waals surface area contributed by atoms with Gasteiger partial charge in [-0.2, -0.15) is 4.68 Å². The Morgan fingerprint density at radius 3 is 2.56 bits per heavy atom. The number of benzene rings is 2. The Morgan fingerprint density at radius 2 is 1.91 bits per heavy atom. The SMILES string of the molecule is COC1CN(C[C@@H](C)NC(=O)c2cc(-n3nnnc3C(C)C)cc(-c3ccc(C)cc3)c2F)C1. The highest BCUT2D eigenvalue weighted by Crippen LogP contribution is 2.29. The number of hydrogen-bond donors (Lipinski definition) is 1. The molecule has 1 atom stereocenters. The smallest absolute Gasteiger partial charge is 0.254 e. The van der Waals surface area contributed by atoms with Gasteiger partial charge in [0.25, 0.3) is 5.91 Å². The van der Waals surface area contributed by atoms with Gasteiger partial charge >= 0.3 is 0 Å². The lowest BCUT2D eigenvalue weighted by Crippen LogP contribution is -2.55. The first-order chi connectivity index (χ1) is 16.3. The summed E-state index contributed by atoms with van der Waals surface area (Å²) in [5.74, 6) is -0.359. The van der Waals surface area contributed by atoms with Crippen LogP contribution in [-0.4, -0.2) is 69.9 Å². The molecule has 1 N–H and O–H groups in total. The number of methoxy groups -OCH3 is 1. The van der Waals surface area contributed by atoms with Crippen LogP contribution in [-0.2, 0) is 4.74 Å². The summed E-state index contributed by atoms with van der Waals surface area (Å²) in [6.45, 7) is 10.2. The maximum absolute atomic E-state index is 15.7. The number of halogens is 1. The highest BCUT2D eigenvalue weighted by atomic mass is 19.1. The first-order valence-electron chi connectivity index (χ1n) is 11.5. The number of carbonyl (C=O) groups is 1. The van der Waals surface area contributed by atoms with Crippen LogP contribution in [0.4, 0.5) is 4.39 Å². The van der Waals surface area contributed by atoms with E-state index in [0.29, 0.717) is 29.2 Å². The molecule has 9 heteroatoms. The molecule has 1 aromatic heterocycles. The minimum Gasteiger partial charge on any atom is -0.379 e. The van der Waals surface area contributed by atoms with Gasteiger partial charge in [-0.05, 0) is 42.0 Å². The van der Waals surface area contributed by atoms with E-state index in [2.05, 4.69) is 25.7 Å². The van der Waals surface area contributed by atoms with Gasteiger partial charge < -0.3 is 10.1 Å². The summed E-state index contributed by atoms with van der Waals surface area (Å²) in [5.41, 5.74) is 2.57. The molecule has 180 valence electrons. The topological polar surface area (TPSA) is 85.2 Å². The minimum absolute atomic E-state index is 0.0384. The zero-order chi connectivity index (χ0) is 24.4. The van der Waals surface area contributed by atoms with E-state index in [4.69, 9.17) is 4.74 Å². The molecule has 2 aromatic carbocycles. The third-order valence-corrected chi connectivity index (χ3v) is 6.09. The lowest BCUT2D eigenvalue weighted by atomic mass is 9.99. The first kappa shape index (κ1) is 24.0. The summed E-state index contributed by atoms with van der Waals surface area (Å²) < 4.78 is 22.6. The number of nitrogens with zero attached hydrogens (tertiary/aromatic N) is 5. The van der Waals surface area contributed by atoms with E-state index in [1.807, 2.05) is 52.0 Å². The Bertz CT molecular complexity index is 1150. The summed E-state index contributed by atoms with van der Waals surface area (Å²) >= 11 is 0. The van der Waals surface area contributed by atoms with E-state index in [0.717, 1.165) is 18.7 Å². The number of likely N-dealkylation sites (tertiary alicyclic amines) is 1. The fourth-order valence-corrected chi connectivity index (χ4v) is 4.13. The number of aryl methyl sites for hydroxylation is 1. The normalized spacial score (nSPS) is 15.4.